The second-order valence-corrected chi connectivity index (χ2v) is 3.17. The van der Waals surface area contributed by atoms with Crippen molar-refractivity contribution in [3.63, 3.8) is 0 Å². The summed E-state index contributed by atoms with van der Waals surface area (Å²) in [6.07, 6.45) is 0. The summed E-state index contributed by atoms with van der Waals surface area (Å²) in [7, 11) is 0. The molecule has 0 saturated carbocycles. The Morgan fingerprint density at radius 2 is 1.70 bits per heavy atom. The van der Waals surface area contributed by atoms with Crippen LogP contribution in [0.5, 0.6) is 0 Å². The fraction of sp³-hybridized carbons (Fsp3) is 0.286. The van der Waals surface area contributed by atoms with Gasteiger partial charge in [-0.05, 0) is 0 Å². The minimum atomic E-state index is 0.715. The molecule has 1 aromatic rings. The molecule has 1 heterocycles. The molecule has 0 bridgehead atoms. The number of hydrogen-bond donors (Lipinski definition) is 0. The minimum Gasteiger partial charge on any atom is -0.618 e. The van der Waals surface area contributed by atoms with E-state index in [4.69, 9.17) is 0 Å². The van der Waals surface area contributed by atoms with Gasteiger partial charge in [0.2, 0.25) is 0 Å². The van der Waals surface area contributed by atoms with Crippen molar-refractivity contribution in [1.82, 2.24) is 0 Å². The number of rotatable bonds is 0. The average Bonchev–Trinajstić information content (AvgIpc) is 1.82. The number of aromatic nitrogens is 1. The highest BCUT2D eigenvalue weighted by Gasteiger charge is 2.03. The Labute approximate surface area is 68.2 Å². The van der Waals surface area contributed by atoms with Crippen LogP contribution >= 0.6 is 15.9 Å². The Bertz CT molecular complexity index is 237. The van der Waals surface area contributed by atoms with Crippen LogP contribution in [0.2, 0.25) is 0 Å². The van der Waals surface area contributed by atoms with Gasteiger partial charge in [-0.25, -0.2) is 0 Å². The zero-order valence-electron chi connectivity index (χ0n) is 5.89. The second-order valence-electron chi connectivity index (χ2n) is 2.25. The number of aryl methyl sites for hydroxylation is 2. The van der Waals surface area contributed by atoms with E-state index in [-0.39, 0.29) is 0 Å². The molecule has 0 aliphatic heterocycles. The molecular formula is C7H8BrNO. The summed E-state index contributed by atoms with van der Waals surface area (Å²) in [5.74, 6) is 0. The number of pyridine rings is 1. The van der Waals surface area contributed by atoms with Crippen LogP contribution in [-0.2, 0) is 0 Å². The third-order valence-electron chi connectivity index (χ3n) is 1.33. The van der Waals surface area contributed by atoms with Crippen molar-refractivity contribution in [3.05, 3.63) is 33.2 Å². The Kier molecular flexibility index (Phi) is 1.94. The fourth-order valence-electron chi connectivity index (χ4n) is 0.836. The standard InChI is InChI=1S/C7H8BrNO/c1-5-3-7(8)4-6(2)9(5)10/h3-4H,1-2H3. The zero-order chi connectivity index (χ0) is 7.72. The Morgan fingerprint density at radius 3 is 2.10 bits per heavy atom. The van der Waals surface area contributed by atoms with Gasteiger partial charge in [0.05, 0.1) is 0 Å². The van der Waals surface area contributed by atoms with Crippen LogP contribution < -0.4 is 4.73 Å². The summed E-state index contributed by atoms with van der Waals surface area (Å²) in [6, 6.07) is 3.58. The molecule has 0 spiro atoms. The first-order valence-corrected chi connectivity index (χ1v) is 3.77. The van der Waals surface area contributed by atoms with Gasteiger partial charge in [0.15, 0.2) is 11.4 Å². The van der Waals surface area contributed by atoms with Crippen molar-refractivity contribution in [2.24, 2.45) is 0 Å². The highest BCUT2D eigenvalue weighted by Crippen LogP contribution is 2.09. The molecular weight excluding hydrogens is 194 g/mol. The predicted molar refractivity (Wildman–Crippen MR) is 42.6 cm³/mol. The first-order chi connectivity index (χ1) is 4.61. The van der Waals surface area contributed by atoms with E-state index in [1.807, 2.05) is 0 Å². The lowest BCUT2D eigenvalue weighted by Crippen LogP contribution is -2.33. The molecule has 2 nitrogen and oxygen atoms in total. The average molecular weight is 202 g/mol. The van der Waals surface area contributed by atoms with Gasteiger partial charge in [-0.1, -0.05) is 15.9 Å². The van der Waals surface area contributed by atoms with Gasteiger partial charge in [0, 0.05) is 30.5 Å². The van der Waals surface area contributed by atoms with E-state index in [0.717, 1.165) is 9.20 Å². The van der Waals surface area contributed by atoms with Crippen LogP contribution in [0.25, 0.3) is 0 Å². The van der Waals surface area contributed by atoms with Crippen LogP contribution in [0.3, 0.4) is 0 Å². The van der Waals surface area contributed by atoms with E-state index in [2.05, 4.69) is 15.9 Å². The molecule has 0 unspecified atom stereocenters. The topological polar surface area (TPSA) is 26.9 Å². The van der Waals surface area contributed by atoms with E-state index >= 15 is 0 Å². The summed E-state index contributed by atoms with van der Waals surface area (Å²) < 4.78 is 1.86. The smallest absolute Gasteiger partial charge is 0.191 e. The van der Waals surface area contributed by atoms with E-state index in [1.165, 1.54) is 0 Å². The number of hydrogen-bond acceptors (Lipinski definition) is 1. The molecule has 0 atom stereocenters. The first kappa shape index (κ1) is 7.54. The van der Waals surface area contributed by atoms with Crippen molar-refractivity contribution in [1.29, 1.82) is 0 Å². The monoisotopic (exact) mass is 201 g/mol. The van der Waals surface area contributed by atoms with E-state index in [0.29, 0.717) is 11.4 Å². The molecule has 0 amide bonds. The summed E-state index contributed by atoms with van der Waals surface area (Å²) in [5, 5.41) is 11.0. The van der Waals surface area contributed by atoms with Gasteiger partial charge in [0.25, 0.3) is 0 Å². The van der Waals surface area contributed by atoms with E-state index < -0.39 is 0 Å². The summed E-state index contributed by atoms with van der Waals surface area (Å²) >= 11 is 3.29. The maximum absolute atomic E-state index is 11.0. The van der Waals surface area contributed by atoms with Gasteiger partial charge >= 0.3 is 0 Å². The van der Waals surface area contributed by atoms with Gasteiger partial charge in [-0.2, -0.15) is 4.73 Å². The van der Waals surface area contributed by atoms with Crippen molar-refractivity contribution in [2.75, 3.05) is 0 Å². The molecule has 3 heteroatoms. The molecule has 0 aliphatic rings. The molecule has 1 rings (SSSR count). The zero-order valence-corrected chi connectivity index (χ0v) is 7.47. The lowest BCUT2D eigenvalue weighted by Gasteiger charge is -2.03. The van der Waals surface area contributed by atoms with Gasteiger partial charge in [-0.3, -0.25) is 0 Å². The lowest BCUT2D eigenvalue weighted by atomic mass is 10.3. The molecule has 0 N–H and O–H groups in total. The van der Waals surface area contributed by atoms with Gasteiger partial charge in [-0.15, -0.1) is 0 Å². The molecule has 54 valence electrons. The van der Waals surface area contributed by atoms with Gasteiger partial charge in [0.1, 0.15) is 0 Å². The van der Waals surface area contributed by atoms with Crippen molar-refractivity contribution < 1.29 is 4.73 Å². The Balaban J connectivity index is 3.31. The van der Waals surface area contributed by atoms with Crippen LogP contribution in [0, 0.1) is 19.1 Å². The van der Waals surface area contributed by atoms with Crippen molar-refractivity contribution >= 4 is 15.9 Å². The Morgan fingerprint density at radius 1 is 1.30 bits per heavy atom. The molecule has 0 saturated heterocycles. The maximum Gasteiger partial charge on any atom is 0.191 e. The third-order valence-corrected chi connectivity index (χ3v) is 1.79. The SMILES string of the molecule is Cc1cc(Br)cc(C)[n+]1[O-]. The van der Waals surface area contributed by atoms with Crippen LogP contribution in [0.15, 0.2) is 16.6 Å². The third kappa shape index (κ3) is 1.29. The minimum absolute atomic E-state index is 0.715. The molecule has 0 radical (unpaired) electrons. The molecule has 10 heavy (non-hydrogen) atoms. The second kappa shape index (κ2) is 2.58. The lowest BCUT2D eigenvalue weighted by molar-refractivity contribution is -0.619. The normalized spacial score (nSPS) is 9.90. The van der Waals surface area contributed by atoms with Crippen LogP contribution in [0.4, 0.5) is 0 Å². The summed E-state index contributed by atoms with van der Waals surface area (Å²) in [4.78, 5) is 0. The van der Waals surface area contributed by atoms with E-state index in [1.54, 1.807) is 26.0 Å². The summed E-state index contributed by atoms with van der Waals surface area (Å²) in [5.41, 5.74) is 1.43. The van der Waals surface area contributed by atoms with Gasteiger partial charge < -0.3 is 5.21 Å². The maximum atomic E-state index is 11.0. The largest absolute Gasteiger partial charge is 0.618 e. The predicted octanol–water partition coefficient (Wildman–Crippen LogP) is 1.70. The Hall–Kier alpha value is -0.570. The molecule has 1 aromatic heterocycles. The summed E-state index contributed by atoms with van der Waals surface area (Å²) in [6.45, 7) is 3.56. The van der Waals surface area contributed by atoms with Crippen LogP contribution in [-0.4, -0.2) is 0 Å². The highest BCUT2D eigenvalue weighted by molar-refractivity contribution is 9.10. The van der Waals surface area contributed by atoms with E-state index in [9.17, 15) is 5.21 Å². The molecule has 0 fully saturated rings. The van der Waals surface area contributed by atoms with Crippen molar-refractivity contribution in [3.8, 4) is 0 Å². The number of nitrogens with zero attached hydrogens (tertiary/aromatic N) is 1. The molecule has 0 aromatic carbocycles. The fourth-order valence-corrected chi connectivity index (χ4v) is 1.50. The first-order valence-electron chi connectivity index (χ1n) is 2.97. The molecule has 0 aliphatic carbocycles. The van der Waals surface area contributed by atoms with Crippen molar-refractivity contribution in [2.45, 2.75) is 13.8 Å². The quantitative estimate of drug-likeness (QED) is 0.464. The van der Waals surface area contributed by atoms with Crippen LogP contribution in [0.1, 0.15) is 11.4 Å². The highest BCUT2D eigenvalue weighted by atomic mass is 79.9. The number of halogens is 1.